The third kappa shape index (κ3) is 5.30. The van der Waals surface area contributed by atoms with E-state index in [-0.39, 0.29) is 24.6 Å². The van der Waals surface area contributed by atoms with E-state index in [4.69, 9.17) is 4.84 Å². The van der Waals surface area contributed by atoms with Crippen LogP contribution in [0, 0.1) is 11.6 Å². The SMILES string of the molecule is O=C1C(P(O)NCc2ccc(F)cc2F)CCCN1OCc1ccccc1. The Labute approximate surface area is 157 Å². The Morgan fingerprint density at radius 1 is 1.22 bits per heavy atom. The van der Waals surface area contributed by atoms with Crippen molar-refractivity contribution in [3.63, 3.8) is 0 Å². The molecule has 2 atom stereocenters. The summed E-state index contributed by atoms with van der Waals surface area (Å²) in [4.78, 5) is 28.6. The molecule has 2 N–H and O–H groups in total. The second-order valence-corrected chi connectivity index (χ2v) is 7.90. The molecule has 0 spiro atoms. The summed E-state index contributed by atoms with van der Waals surface area (Å²) in [6.07, 6.45) is 1.24. The molecule has 3 rings (SSSR count). The molecule has 2 unspecified atom stereocenters. The number of nitrogens with one attached hydrogen (secondary N) is 1. The number of nitrogens with zero attached hydrogens (tertiary/aromatic N) is 1. The molecule has 0 aliphatic carbocycles. The lowest BCUT2D eigenvalue weighted by atomic mass is 10.1. The van der Waals surface area contributed by atoms with Gasteiger partial charge in [-0.3, -0.25) is 14.7 Å². The van der Waals surface area contributed by atoms with Gasteiger partial charge in [0.15, 0.2) is 0 Å². The number of amides is 1. The van der Waals surface area contributed by atoms with Gasteiger partial charge in [0.05, 0.1) is 5.66 Å². The van der Waals surface area contributed by atoms with E-state index in [0.29, 0.717) is 19.4 Å². The zero-order valence-electron chi connectivity index (χ0n) is 14.6. The fraction of sp³-hybridized carbons (Fsp3) is 0.316. The van der Waals surface area contributed by atoms with Crippen LogP contribution in [0.1, 0.15) is 24.0 Å². The highest BCUT2D eigenvalue weighted by Crippen LogP contribution is 2.38. The van der Waals surface area contributed by atoms with Crippen molar-refractivity contribution in [3.05, 3.63) is 71.3 Å². The molecule has 2 aromatic carbocycles. The minimum atomic E-state index is -1.86. The molecule has 1 heterocycles. The quantitative estimate of drug-likeness (QED) is 0.706. The summed E-state index contributed by atoms with van der Waals surface area (Å²) in [6, 6.07) is 12.8. The van der Waals surface area contributed by atoms with Crippen LogP contribution < -0.4 is 5.09 Å². The summed E-state index contributed by atoms with van der Waals surface area (Å²) in [6.45, 7) is 0.762. The van der Waals surface area contributed by atoms with Crippen molar-refractivity contribution < 1.29 is 23.3 Å². The molecule has 27 heavy (non-hydrogen) atoms. The van der Waals surface area contributed by atoms with Crippen LogP contribution in [0.2, 0.25) is 0 Å². The van der Waals surface area contributed by atoms with E-state index in [1.165, 1.54) is 11.1 Å². The van der Waals surface area contributed by atoms with Crippen LogP contribution in [-0.4, -0.2) is 28.1 Å². The van der Waals surface area contributed by atoms with Crippen LogP contribution in [-0.2, 0) is 22.8 Å². The Hall–Kier alpha value is -1.92. The molecule has 0 radical (unpaired) electrons. The summed E-state index contributed by atoms with van der Waals surface area (Å²) >= 11 is 0. The summed E-state index contributed by atoms with van der Waals surface area (Å²) < 4.78 is 26.7. The minimum absolute atomic E-state index is 0.0168. The number of piperidine rings is 1. The lowest BCUT2D eigenvalue weighted by Crippen LogP contribution is -2.44. The zero-order valence-corrected chi connectivity index (χ0v) is 15.5. The fourth-order valence-corrected chi connectivity index (χ4v) is 4.17. The van der Waals surface area contributed by atoms with Gasteiger partial charge in [-0.05, 0) is 24.5 Å². The van der Waals surface area contributed by atoms with E-state index in [2.05, 4.69) is 5.09 Å². The van der Waals surface area contributed by atoms with Gasteiger partial charge in [-0.25, -0.2) is 13.8 Å². The van der Waals surface area contributed by atoms with Crippen LogP contribution in [0.4, 0.5) is 8.78 Å². The highest BCUT2D eigenvalue weighted by molar-refractivity contribution is 7.51. The predicted molar refractivity (Wildman–Crippen MR) is 98.3 cm³/mol. The van der Waals surface area contributed by atoms with Gasteiger partial charge >= 0.3 is 0 Å². The van der Waals surface area contributed by atoms with Gasteiger partial charge in [0.2, 0.25) is 0 Å². The molecule has 0 aromatic heterocycles. The van der Waals surface area contributed by atoms with Gasteiger partial charge < -0.3 is 4.89 Å². The normalized spacial score (nSPS) is 18.6. The van der Waals surface area contributed by atoms with Gasteiger partial charge in [-0.1, -0.05) is 36.4 Å². The monoisotopic (exact) mass is 394 g/mol. The molecule has 2 aromatic rings. The first-order chi connectivity index (χ1) is 13.0. The van der Waals surface area contributed by atoms with E-state index in [9.17, 15) is 18.5 Å². The maximum atomic E-state index is 13.7. The number of hydroxylamine groups is 2. The Morgan fingerprint density at radius 2 is 2.00 bits per heavy atom. The van der Waals surface area contributed by atoms with E-state index in [1.54, 1.807) is 0 Å². The Morgan fingerprint density at radius 3 is 2.74 bits per heavy atom. The Bertz CT molecular complexity index is 779. The Balaban J connectivity index is 1.54. The highest BCUT2D eigenvalue weighted by atomic mass is 31.2. The number of rotatable bonds is 7. The van der Waals surface area contributed by atoms with Gasteiger partial charge in [0, 0.05) is 24.7 Å². The number of halogens is 2. The van der Waals surface area contributed by atoms with Crippen molar-refractivity contribution in [3.8, 4) is 0 Å². The van der Waals surface area contributed by atoms with Gasteiger partial charge in [-0.2, -0.15) is 0 Å². The Kier molecular flexibility index (Phi) is 6.85. The number of carbonyl (C=O) groups is 1. The molecule has 8 heteroatoms. The van der Waals surface area contributed by atoms with E-state index in [0.717, 1.165) is 17.7 Å². The molecule has 1 saturated heterocycles. The van der Waals surface area contributed by atoms with E-state index >= 15 is 0 Å². The maximum Gasteiger partial charge on any atom is 0.257 e. The lowest BCUT2D eigenvalue weighted by molar-refractivity contribution is -0.196. The largest absolute Gasteiger partial charge is 0.358 e. The first kappa shape index (κ1) is 19.8. The molecule has 5 nitrogen and oxygen atoms in total. The average molecular weight is 394 g/mol. The second-order valence-electron chi connectivity index (χ2n) is 6.27. The minimum Gasteiger partial charge on any atom is -0.358 e. The lowest BCUT2D eigenvalue weighted by Gasteiger charge is -2.33. The molecule has 1 amide bonds. The van der Waals surface area contributed by atoms with Crippen molar-refractivity contribution in [2.75, 3.05) is 6.54 Å². The van der Waals surface area contributed by atoms with Crippen molar-refractivity contribution in [2.45, 2.75) is 31.7 Å². The molecule has 0 saturated carbocycles. The van der Waals surface area contributed by atoms with Crippen LogP contribution in [0.15, 0.2) is 48.5 Å². The van der Waals surface area contributed by atoms with Crippen LogP contribution in [0.5, 0.6) is 0 Å². The number of hydrogen-bond acceptors (Lipinski definition) is 4. The van der Waals surface area contributed by atoms with Gasteiger partial charge in [0.25, 0.3) is 5.91 Å². The van der Waals surface area contributed by atoms with Gasteiger partial charge in [-0.15, -0.1) is 0 Å². The first-order valence-electron chi connectivity index (χ1n) is 8.68. The number of benzene rings is 2. The highest BCUT2D eigenvalue weighted by Gasteiger charge is 2.35. The molecule has 0 bridgehead atoms. The summed E-state index contributed by atoms with van der Waals surface area (Å²) in [5.74, 6) is -1.62. The third-order valence-corrected chi connectivity index (χ3v) is 5.89. The zero-order chi connectivity index (χ0) is 19.2. The van der Waals surface area contributed by atoms with E-state index < -0.39 is 25.6 Å². The smallest absolute Gasteiger partial charge is 0.257 e. The molecule has 1 aliphatic rings. The maximum absolute atomic E-state index is 13.7. The molecule has 144 valence electrons. The topological polar surface area (TPSA) is 61.8 Å². The van der Waals surface area contributed by atoms with Crippen molar-refractivity contribution in [1.82, 2.24) is 10.2 Å². The van der Waals surface area contributed by atoms with Crippen molar-refractivity contribution in [2.24, 2.45) is 0 Å². The predicted octanol–water partition coefficient (Wildman–Crippen LogP) is 3.48. The second kappa shape index (κ2) is 9.33. The van der Waals surface area contributed by atoms with Gasteiger partial charge in [0.1, 0.15) is 26.5 Å². The number of carbonyl (C=O) groups excluding carboxylic acids is 1. The molecule has 1 aliphatic heterocycles. The van der Waals surface area contributed by atoms with E-state index in [1.807, 2.05) is 30.3 Å². The van der Waals surface area contributed by atoms with Crippen molar-refractivity contribution in [1.29, 1.82) is 0 Å². The van der Waals surface area contributed by atoms with Crippen LogP contribution >= 0.6 is 8.30 Å². The van der Waals surface area contributed by atoms with Crippen molar-refractivity contribution >= 4 is 14.2 Å². The summed E-state index contributed by atoms with van der Waals surface area (Å²) in [5, 5.41) is 4.11. The first-order valence-corrected chi connectivity index (χ1v) is 10.0. The molecule has 1 fully saturated rings. The molecular weight excluding hydrogens is 373 g/mol. The molecular formula is C19H21F2N2O3P. The summed E-state index contributed by atoms with van der Waals surface area (Å²) in [7, 11) is -1.86. The summed E-state index contributed by atoms with van der Waals surface area (Å²) in [5.41, 5.74) is 0.565. The average Bonchev–Trinajstić information content (AvgIpc) is 2.67. The number of hydrogen-bond donors (Lipinski definition) is 2. The third-order valence-electron chi connectivity index (χ3n) is 4.34. The van der Waals surface area contributed by atoms with Crippen LogP contribution in [0.25, 0.3) is 0 Å². The standard InChI is InChI=1S/C19H21F2N2O3P/c20-16-9-8-15(17(21)11-16)12-22-27(25)18-7-4-10-23(19(18)24)26-13-14-5-2-1-3-6-14/h1-3,5-6,8-9,11,18,22,25H,4,7,10,12-13H2. The van der Waals surface area contributed by atoms with Crippen LogP contribution in [0.3, 0.4) is 0 Å². The fourth-order valence-electron chi connectivity index (χ4n) is 2.85.